The lowest BCUT2D eigenvalue weighted by atomic mass is 9.98. The first-order valence-corrected chi connectivity index (χ1v) is 13.1. The van der Waals surface area contributed by atoms with Crippen LogP contribution in [0.5, 0.6) is 0 Å². The Morgan fingerprint density at radius 3 is 2.17 bits per heavy atom. The summed E-state index contributed by atoms with van der Waals surface area (Å²) in [6, 6.07) is 46.4. The molecule has 8 rings (SSSR count). The third kappa shape index (κ3) is 2.76. The molecule has 0 bridgehead atoms. The summed E-state index contributed by atoms with van der Waals surface area (Å²) in [6.07, 6.45) is 0. The van der Waals surface area contributed by atoms with Gasteiger partial charge in [0.25, 0.3) is 0 Å². The Balaban J connectivity index is 1.48. The third-order valence-electron chi connectivity index (χ3n) is 7.39. The minimum Gasteiger partial charge on any atom is -0.308 e. The number of nitrogens with zero attached hydrogens (tertiary/aromatic N) is 1. The molecule has 0 unspecified atom stereocenters. The van der Waals surface area contributed by atoms with Crippen molar-refractivity contribution in [2.24, 2.45) is 0 Å². The second kappa shape index (κ2) is 7.55. The van der Waals surface area contributed by atoms with E-state index in [1.807, 2.05) is 11.3 Å². The minimum absolute atomic E-state index is 1.20. The molecular weight excluding hydrogens is 454 g/mol. The molecule has 0 fully saturated rings. The molecule has 2 aromatic heterocycles. The predicted octanol–water partition coefficient (Wildman–Crippen LogP) is 9.97. The molecule has 2 heterocycles. The maximum Gasteiger partial charge on any atom is 0.0719 e. The minimum atomic E-state index is 1.20. The highest BCUT2D eigenvalue weighted by atomic mass is 32.1. The molecule has 0 saturated heterocycles. The van der Waals surface area contributed by atoms with Gasteiger partial charge in [-0.2, -0.15) is 0 Å². The second-order valence-corrected chi connectivity index (χ2v) is 10.4. The lowest BCUT2D eigenvalue weighted by molar-refractivity contribution is 1.19. The average molecular weight is 476 g/mol. The summed E-state index contributed by atoms with van der Waals surface area (Å²) >= 11 is 1.90. The predicted molar refractivity (Wildman–Crippen MR) is 157 cm³/mol. The van der Waals surface area contributed by atoms with E-state index in [0.717, 1.165) is 0 Å². The zero-order valence-electron chi connectivity index (χ0n) is 19.5. The first-order chi connectivity index (χ1) is 17.9. The molecule has 0 aliphatic heterocycles. The van der Waals surface area contributed by atoms with Crippen LogP contribution in [0.1, 0.15) is 0 Å². The molecule has 0 aliphatic carbocycles. The summed E-state index contributed by atoms with van der Waals surface area (Å²) < 4.78 is 5.16. The molecule has 6 aromatic carbocycles. The number of hydrogen-bond donors (Lipinski definition) is 0. The largest absolute Gasteiger partial charge is 0.308 e. The lowest BCUT2D eigenvalue weighted by Crippen LogP contribution is -1.94. The van der Waals surface area contributed by atoms with Gasteiger partial charge in [0, 0.05) is 31.9 Å². The molecule has 2 heteroatoms. The number of aromatic nitrogens is 1. The van der Waals surface area contributed by atoms with Crippen molar-refractivity contribution in [2.75, 3.05) is 0 Å². The van der Waals surface area contributed by atoms with Gasteiger partial charge in [0.2, 0.25) is 0 Å². The maximum absolute atomic E-state index is 2.47. The van der Waals surface area contributed by atoms with Crippen LogP contribution in [0.2, 0.25) is 0 Å². The normalized spacial score (nSPS) is 11.9. The monoisotopic (exact) mass is 475 g/mol. The summed E-state index contributed by atoms with van der Waals surface area (Å²) in [6.45, 7) is 0. The van der Waals surface area contributed by atoms with Crippen LogP contribution in [0.15, 0.2) is 127 Å². The molecule has 8 aromatic rings. The van der Waals surface area contributed by atoms with Gasteiger partial charge < -0.3 is 4.57 Å². The van der Waals surface area contributed by atoms with Crippen LogP contribution in [0.25, 0.3) is 69.6 Å². The molecule has 0 atom stereocenters. The van der Waals surface area contributed by atoms with E-state index < -0.39 is 0 Å². The van der Waals surface area contributed by atoms with Gasteiger partial charge >= 0.3 is 0 Å². The van der Waals surface area contributed by atoms with Gasteiger partial charge in [0.15, 0.2) is 0 Å². The Hall–Kier alpha value is -4.40. The van der Waals surface area contributed by atoms with E-state index in [0.29, 0.717) is 0 Å². The molecule has 0 saturated carbocycles. The van der Waals surface area contributed by atoms with Gasteiger partial charge in [0.1, 0.15) is 0 Å². The van der Waals surface area contributed by atoms with E-state index in [4.69, 9.17) is 0 Å². The van der Waals surface area contributed by atoms with Gasteiger partial charge in [-0.25, -0.2) is 0 Å². The van der Waals surface area contributed by atoms with Crippen molar-refractivity contribution in [1.82, 2.24) is 4.57 Å². The van der Waals surface area contributed by atoms with Crippen LogP contribution in [0, 0.1) is 0 Å². The van der Waals surface area contributed by atoms with Crippen molar-refractivity contribution >= 4 is 64.1 Å². The third-order valence-corrected chi connectivity index (χ3v) is 8.58. The zero-order valence-corrected chi connectivity index (χ0v) is 20.3. The van der Waals surface area contributed by atoms with Gasteiger partial charge in [-0.15, -0.1) is 11.3 Å². The van der Waals surface area contributed by atoms with Gasteiger partial charge in [-0.05, 0) is 46.2 Å². The molecule has 0 spiro atoms. The van der Waals surface area contributed by atoms with Crippen LogP contribution in [0.4, 0.5) is 0 Å². The molecule has 0 amide bonds. The first-order valence-electron chi connectivity index (χ1n) is 12.3. The van der Waals surface area contributed by atoms with Crippen molar-refractivity contribution < 1.29 is 0 Å². The highest BCUT2D eigenvalue weighted by Crippen LogP contribution is 2.43. The van der Waals surface area contributed by atoms with E-state index in [1.165, 1.54) is 69.6 Å². The Morgan fingerprint density at radius 2 is 1.25 bits per heavy atom. The van der Waals surface area contributed by atoms with E-state index >= 15 is 0 Å². The van der Waals surface area contributed by atoms with Crippen LogP contribution < -0.4 is 0 Å². The number of para-hydroxylation sites is 1. The van der Waals surface area contributed by atoms with E-state index in [1.54, 1.807) is 0 Å². The molecule has 0 aliphatic rings. The Kier molecular flexibility index (Phi) is 4.16. The zero-order chi connectivity index (χ0) is 23.6. The Morgan fingerprint density at radius 1 is 0.500 bits per heavy atom. The maximum atomic E-state index is 2.47. The van der Waals surface area contributed by atoms with Crippen molar-refractivity contribution in [3.05, 3.63) is 127 Å². The van der Waals surface area contributed by atoms with E-state index in [9.17, 15) is 0 Å². The van der Waals surface area contributed by atoms with Gasteiger partial charge in [-0.3, -0.25) is 0 Å². The SMILES string of the molecule is c1ccc(-c2cccc3cc(-n4c5ccccc5c5ccc6c7ccccc7sc6c54)ccc23)cc1. The first kappa shape index (κ1) is 19.9. The van der Waals surface area contributed by atoms with Gasteiger partial charge in [0.05, 0.1) is 15.7 Å². The van der Waals surface area contributed by atoms with Crippen LogP contribution in [-0.4, -0.2) is 4.57 Å². The fraction of sp³-hybridized carbons (Fsp3) is 0. The number of thiophene rings is 1. The molecule has 0 N–H and O–H groups in total. The molecule has 36 heavy (non-hydrogen) atoms. The van der Waals surface area contributed by atoms with Crippen molar-refractivity contribution in [3.63, 3.8) is 0 Å². The Bertz CT molecular complexity index is 2090. The highest BCUT2D eigenvalue weighted by Gasteiger charge is 2.17. The summed E-state index contributed by atoms with van der Waals surface area (Å²) in [4.78, 5) is 0. The fourth-order valence-electron chi connectivity index (χ4n) is 5.78. The summed E-state index contributed by atoms with van der Waals surface area (Å²) in [5.41, 5.74) is 6.27. The van der Waals surface area contributed by atoms with Crippen LogP contribution >= 0.6 is 11.3 Å². The smallest absolute Gasteiger partial charge is 0.0719 e. The number of benzene rings is 6. The quantitative estimate of drug-likeness (QED) is 0.234. The molecule has 168 valence electrons. The molecular formula is C34H21NS. The standard InChI is InChI=1S/C34H21NS/c1-2-9-22(10-3-1)25-14-8-11-23-21-24(17-18-26(23)25)35-31-15-6-4-12-27(31)29-19-20-30-28-13-5-7-16-32(28)36-34(30)33(29)35/h1-21H. The topological polar surface area (TPSA) is 4.93 Å². The summed E-state index contributed by atoms with van der Waals surface area (Å²) in [5.74, 6) is 0. The van der Waals surface area contributed by atoms with Crippen molar-refractivity contribution in [2.45, 2.75) is 0 Å². The number of hydrogen-bond acceptors (Lipinski definition) is 1. The van der Waals surface area contributed by atoms with Gasteiger partial charge in [-0.1, -0.05) is 103 Å². The van der Waals surface area contributed by atoms with Crippen LogP contribution in [-0.2, 0) is 0 Å². The molecule has 1 nitrogen and oxygen atoms in total. The van der Waals surface area contributed by atoms with E-state index in [-0.39, 0.29) is 0 Å². The number of rotatable bonds is 2. The van der Waals surface area contributed by atoms with Crippen LogP contribution in [0.3, 0.4) is 0 Å². The van der Waals surface area contributed by atoms with Crippen molar-refractivity contribution in [1.29, 1.82) is 0 Å². The average Bonchev–Trinajstić information content (AvgIpc) is 3.49. The fourth-order valence-corrected chi connectivity index (χ4v) is 7.02. The Labute approximate surface area is 212 Å². The lowest BCUT2D eigenvalue weighted by Gasteiger charge is -2.12. The molecule has 0 radical (unpaired) electrons. The number of fused-ring (bicyclic) bond motifs is 8. The summed E-state index contributed by atoms with van der Waals surface area (Å²) in [5, 5.41) is 7.80. The van der Waals surface area contributed by atoms with Crippen molar-refractivity contribution in [3.8, 4) is 16.8 Å². The summed E-state index contributed by atoms with van der Waals surface area (Å²) in [7, 11) is 0. The van der Waals surface area contributed by atoms with E-state index in [2.05, 4.69) is 132 Å². The second-order valence-electron chi connectivity index (χ2n) is 9.37. The highest BCUT2D eigenvalue weighted by molar-refractivity contribution is 7.26.